The first-order valence-corrected chi connectivity index (χ1v) is 8.52. The molecule has 0 spiro atoms. The van der Waals surface area contributed by atoms with Crippen molar-refractivity contribution in [3.05, 3.63) is 35.9 Å². The fraction of sp³-hybridized carbons (Fsp3) is 0.611. The summed E-state index contributed by atoms with van der Waals surface area (Å²) in [5.74, 6) is 0. The van der Waals surface area contributed by atoms with Crippen LogP contribution in [0.5, 0.6) is 0 Å². The summed E-state index contributed by atoms with van der Waals surface area (Å²) >= 11 is 0. The Morgan fingerprint density at radius 1 is 1.00 bits per heavy atom. The van der Waals surface area contributed by atoms with Gasteiger partial charge in [-0.1, -0.05) is 30.3 Å². The van der Waals surface area contributed by atoms with Gasteiger partial charge in [0.2, 0.25) is 0 Å². The van der Waals surface area contributed by atoms with Crippen LogP contribution in [0.2, 0.25) is 0 Å². The van der Waals surface area contributed by atoms with Crippen molar-refractivity contribution >= 4 is 6.09 Å². The standard InChI is InChI=1S/C18H26N2O2/c21-18(22-15-16-7-2-1-3-8-16)20-13-6-9-17(10-14-20)19-11-4-5-12-19/h1-3,7-8,17H,4-6,9-15H2/t17-/m0/s1. The van der Waals surface area contributed by atoms with Crippen molar-refractivity contribution < 1.29 is 9.53 Å². The van der Waals surface area contributed by atoms with Crippen LogP contribution >= 0.6 is 0 Å². The van der Waals surface area contributed by atoms with Crippen molar-refractivity contribution in [3.8, 4) is 0 Å². The van der Waals surface area contributed by atoms with Gasteiger partial charge in [0.1, 0.15) is 6.61 Å². The van der Waals surface area contributed by atoms with Crippen LogP contribution in [0.1, 0.15) is 37.7 Å². The number of likely N-dealkylation sites (tertiary alicyclic amines) is 2. The van der Waals surface area contributed by atoms with E-state index in [1.54, 1.807) is 0 Å². The number of hydrogen-bond acceptors (Lipinski definition) is 3. The molecule has 120 valence electrons. The predicted octanol–water partition coefficient (Wildman–Crippen LogP) is 3.27. The van der Waals surface area contributed by atoms with Gasteiger partial charge in [-0.05, 0) is 50.8 Å². The maximum atomic E-state index is 12.2. The molecule has 2 aliphatic rings. The zero-order valence-electron chi connectivity index (χ0n) is 13.2. The van der Waals surface area contributed by atoms with E-state index in [0.29, 0.717) is 12.6 Å². The van der Waals surface area contributed by atoms with Gasteiger partial charge < -0.3 is 14.5 Å². The van der Waals surface area contributed by atoms with E-state index in [9.17, 15) is 4.79 Å². The summed E-state index contributed by atoms with van der Waals surface area (Å²) in [6.45, 7) is 4.50. The van der Waals surface area contributed by atoms with Crippen LogP contribution < -0.4 is 0 Å². The van der Waals surface area contributed by atoms with Crippen molar-refractivity contribution in [2.24, 2.45) is 0 Å². The van der Waals surface area contributed by atoms with E-state index in [-0.39, 0.29) is 6.09 Å². The second kappa shape index (κ2) is 7.63. The van der Waals surface area contributed by atoms with Gasteiger partial charge in [-0.15, -0.1) is 0 Å². The number of carbonyl (C=O) groups excluding carboxylic acids is 1. The summed E-state index contributed by atoms with van der Waals surface area (Å²) in [4.78, 5) is 16.7. The van der Waals surface area contributed by atoms with Crippen molar-refractivity contribution in [1.29, 1.82) is 0 Å². The number of hydrogen-bond donors (Lipinski definition) is 0. The van der Waals surface area contributed by atoms with Crippen LogP contribution in [0.3, 0.4) is 0 Å². The molecule has 0 aromatic heterocycles. The lowest BCUT2D eigenvalue weighted by atomic mass is 10.1. The van der Waals surface area contributed by atoms with E-state index in [1.165, 1.54) is 32.4 Å². The lowest BCUT2D eigenvalue weighted by Crippen LogP contribution is -2.35. The van der Waals surface area contributed by atoms with Crippen LogP contribution in [0.15, 0.2) is 30.3 Å². The molecule has 1 atom stereocenters. The molecule has 2 fully saturated rings. The second-order valence-corrected chi connectivity index (χ2v) is 6.36. The highest BCUT2D eigenvalue weighted by atomic mass is 16.6. The van der Waals surface area contributed by atoms with Crippen LogP contribution in [0.4, 0.5) is 4.79 Å². The Morgan fingerprint density at radius 2 is 1.77 bits per heavy atom. The average Bonchev–Trinajstić information content (AvgIpc) is 2.98. The topological polar surface area (TPSA) is 32.8 Å². The zero-order chi connectivity index (χ0) is 15.2. The Bertz CT molecular complexity index is 471. The number of amides is 1. The highest BCUT2D eigenvalue weighted by Gasteiger charge is 2.26. The maximum Gasteiger partial charge on any atom is 0.410 e. The molecule has 1 amide bonds. The Balaban J connectivity index is 1.46. The molecule has 0 aliphatic carbocycles. The van der Waals surface area contributed by atoms with E-state index in [4.69, 9.17) is 4.74 Å². The Morgan fingerprint density at radius 3 is 2.55 bits per heavy atom. The molecule has 0 radical (unpaired) electrons. The van der Waals surface area contributed by atoms with Gasteiger partial charge in [0, 0.05) is 19.1 Å². The van der Waals surface area contributed by atoms with Gasteiger partial charge in [-0.2, -0.15) is 0 Å². The smallest absolute Gasteiger partial charge is 0.410 e. The van der Waals surface area contributed by atoms with Crippen molar-refractivity contribution in [3.63, 3.8) is 0 Å². The molecule has 3 rings (SSSR count). The SMILES string of the molecule is O=C(OCc1ccccc1)N1CCC[C@H](N2CCCC2)CC1. The normalized spacial score (nSPS) is 23.3. The third-order valence-corrected chi connectivity index (χ3v) is 4.82. The molecule has 0 unspecified atom stereocenters. The van der Waals surface area contributed by atoms with E-state index in [1.807, 2.05) is 35.2 Å². The summed E-state index contributed by atoms with van der Waals surface area (Å²) in [5, 5.41) is 0. The fourth-order valence-corrected chi connectivity index (χ4v) is 3.54. The molecule has 0 N–H and O–H groups in total. The summed E-state index contributed by atoms with van der Waals surface area (Å²) in [7, 11) is 0. The Kier molecular flexibility index (Phi) is 5.33. The summed E-state index contributed by atoms with van der Waals surface area (Å²) in [5.41, 5.74) is 1.04. The zero-order valence-corrected chi connectivity index (χ0v) is 13.2. The minimum atomic E-state index is -0.161. The van der Waals surface area contributed by atoms with E-state index in [0.717, 1.165) is 31.5 Å². The first kappa shape index (κ1) is 15.3. The van der Waals surface area contributed by atoms with Crippen molar-refractivity contribution in [1.82, 2.24) is 9.80 Å². The van der Waals surface area contributed by atoms with Gasteiger partial charge >= 0.3 is 6.09 Å². The average molecular weight is 302 g/mol. The van der Waals surface area contributed by atoms with Gasteiger partial charge in [-0.3, -0.25) is 0 Å². The van der Waals surface area contributed by atoms with Gasteiger partial charge in [0.15, 0.2) is 0 Å². The third kappa shape index (κ3) is 4.01. The number of nitrogens with zero attached hydrogens (tertiary/aromatic N) is 2. The lowest BCUT2D eigenvalue weighted by molar-refractivity contribution is 0.0964. The minimum absolute atomic E-state index is 0.161. The highest BCUT2D eigenvalue weighted by molar-refractivity contribution is 5.67. The number of rotatable bonds is 3. The highest BCUT2D eigenvalue weighted by Crippen LogP contribution is 2.21. The molecule has 2 heterocycles. The van der Waals surface area contributed by atoms with Crippen molar-refractivity contribution in [2.45, 2.75) is 44.8 Å². The molecule has 2 saturated heterocycles. The summed E-state index contributed by atoms with van der Waals surface area (Å²) < 4.78 is 5.46. The molecular weight excluding hydrogens is 276 g/mol. The minimum Gasteiger partial charge on any atom is -0.445 e. The number of carbonyl (C=O) groups is 1. The largest absolute Gasteiger partial charge is 0.445 e. The third-order valence-electron chi connectivity index (χ3n) is 4.82. The Hall–Kier alpha value is -1.55. The number of ether oxygens (including phenoxy) is 1. The first-order valence-electron chi connectivity index (χ1n) is 8.52. The molecule has 22 heavy (non-hydrogen) atoms. The molecule has 0 bridgehead atoms. The van der Waals surface area contributed by atoms with Gasteiger partial charge in [0.05, 0.1) is 0 Å². The maximum absolute atomic E-state index is 12.2. The fourth-order valence-electron chi connectivity index (χ4n) is 3.54. The predicted molar refractivity (Wildman–Crippen MR) is 86.6 cm³/mol. The summed E-state index contributed by atoms with van der Waals surface area (Å²) in [6, 6.07) is 10.5. The van der Waals surface area contributed by atoms with E-state index in [2.05, 4.69) is 4.90 Å². The summed E-state index contributed by atoms with van der Waals surface area (Å²) in [6.07, 6.45) is 5.88. The van der Waals surface area contributed by atoms with Crippen molar-refractivity contribution in [2.75, 3.05) is 26.2 Å². The monoisotopic (exact) mass is 302 g/mol. The van der Waals surface area contributed by atoms with Crippen LogP contribution in [-0.2, 0) is 11.3 Å². The van der Waals surface area contributed by atoms with Gasteiger partial charge in [0.25, 0.3) is 0 Å². The molecule has 2 aliphatic heterocycles. The lowest BCUT2D eigenvalue weighted by Gasteiger charge is -2.26. The second-order valence-electron chi connectivity index (χ2n) is 6.36. The molecular formula is C18H26N2O2. The Labute approximate surface area is 133 Å². The first-order chi connectivity index (χ1) is 10.8. The van der Waals surface area contributed by atoms with E-state index < -0.39 is 0 Å². The van der Waals surface area contributed by atoms with Gasteiger partial charge in [-0.25, -0.2) is 4.79 Å². The molecule has 1 aromatic rings. The number of benzene rings is 1. The quantitative estimate of drug-likeness (QED) is 0.859. The molecule has 4 nitrogen and oxygen atoms in total. The van der Waals surface area contributed by atoms with Crippen LogP contribution in [0, 0.1) is 0 Å². The molecule has 4 heteroatoms. The van der Waals surface area contributed by atoms with Crippen LogP contribution in [-0.4, -0.2) is 48.1 Å². The van der Waals surface area contributed by atoms with Crippen LogP contribution in [0.25, 0.3) is 0 Å². The molecule has 1 aromatic carbocycles. The van der Waals surface area contributed by atoms with E-state index >= 15 is 0 Å². The molecule has 0 saturated carbocycles.